The second-order valence-corrected chi connectivity index (χ2v) is 5.83. The quantitative estimate of drug-likeness (QED) is 0.841. The number of phenolic OH excluding ortho intramolecular Hbond substituents is 1. The molecule has 0 saturated carbocycles. The lowest BCUT2D eigenvalue weighted by atomic mass is 10.2. The highest BCUT2D eigenvalue weighted by molar-refractivity contribution is 9.10. The van der Waals surface area contributed by atoms with Crippen LogP contribution >= 0.6 is 27.7 Å². The van der Waals surface area contributed by atoms with Crippen LogP contribution in [0.15, 0.2) is 21.5 Å². The van der Waals surface area contributed by atoms with Crippen molar-refractivity contribution in [3.63, 3.8) is 0 Å². The third kappa shape index (κ3) is 2.69. The summed E-state index contributed by atoms with van der Waals surface area (Å²) in [7, 11) is 1.44. The third-order valence-corrected chi connectivity index (χ3v) is 4.27. The number of hydrogen-bond donors (Lipinski definition) is 1. The molecule has 20 heavy (non-hydrogen) atoms. The molecule has 106 valence electrons. The molecule has 0 spiro atoms. The molecular formula is C13H12BrNO4S. The first-order chi connectivity index (χ1) is 9.47. The van der Waals surface area contributed by atoms with Gasteiger partial charge in [-0.2, -0.15) is 0 Å². The van der Waals surface area contributed by atoms with Gasteiger partial charge in [-0.05, 0) is 58.4 Å². The van der Waals surface area contributed by atoms with Gasteiger partial charge in [0.25, 0.3) is 11.1 Å². The first-order valence-corrected chi connectivity index (χ1v) is 7.40. The van der Waals surface area contributed by atoms with Crippen LogP contribution < -0.4 is 4.74 Å². The summed E-state index contributed by atoms with van der Waals surface area (Å²) in [6.45, 7) is 2.10. The zero-order valence-corrected chi connectivity index (χ0v) is 13.2. The smallest absolute Gasteiger partial charge is 0.293 e. The normalized spacial score (nSPS) is 17.1. The van der Waals surface area contributed by atoms with Crippen LogP contribution in [0.5, 0.6) is 11.5 Å². The van der Waals surface area contributed by atoms with Crippen LogP contribution in [0.2, 0.25) is 0 Å². The van der Waals surface area contributed by atoms with Crippen molar-refractivity contribution >= 4 is 44.9 Å². The van der Waals surface area contributed by atoms with Gasteiger partial charge in [-0.3, -0.25) is 14.5 Å². The number of likely N-dealkylation sites (N-methyl/N-ethyl adjacent to an activating group) is 1. The number of carbonyl (C=O) groups excluding carboxylic acids is 2. The number of nitrogens with zero attached hydrogens (tertiary/aromatic N) is 1. The maximum absolute atomic E-state index is 12.0. The highest BCUT2D eigenvalue weighted by Crippen LogP contribution is 2.37. The number of imide groups is 1. The Bertz CT molecular complexity index is 615. The molecule has 1 fully saturated rings. The van der Waals surface area contributed by atoms with Gasteiger partial charge in [0.15, 0.2) is 11.5 Å². The van der Waals surface area contributed by atoms with Gasteiger partial charge in [0.1, 0.15) is 0 Å². The van der Waals surface area contributed by atoms with Crippen LogP contribution in [0, 0.1) is 0 Å². The molecule has 1 heterocycles. The zero-order chi connectivity index (χ0) is 14.9. The van der Waals surface area contributed by atoms with Crippen molar-refractivity contribution in [3.8, 4) is 11.5 Å². The van der Waals surface area contributed by atoms with Crippen LogP contribution in [0.25, 0.3) is 6.08 Å². The summed E-state index contributed by atoms with van der Waals surface area (Å²) in [4.78, 5) is 25.1. The minimum Gasteiger partial charge on any atom is -0.503 e. The van der Waals surface area contributed by atoms with E-state index in [0.717, 1.165) is 11.8 Å². The Morgan fingerprint density at radius 2 is 2.15 bits per heavy atom. The topological polar surface area (TPSA) is 66.8 Å². The number of thioether (sulfide) groups is 1. The molecule has 0 radical (unpaired) electrons. The van der Waals surface area contributed by atoms with Crippen molar-refractivity contribution in [1.82, 2.24) is 4.90 Å². The second kappa shape index (κ2) is 5.88. The molecule has 0 unspecified atom stereocenters. The summed E-state index contributed by atoms with van der Waals surface area (Å²) < 4.78 is 5.50. The second-order valence-electron chi connectivity index (χ2n) is 3.98. The number of aromatic hydroxyl groups is 1. The Morgan fingerprint density at radius 3 is 2.70 bits per heavy atom. The number of benzene rings is 1. The van der Waals surface area contributed by atoms with Gasteiger partial charge >= 0.3 is 0 Å². The number of halogens is 1. The van der Waals surface area contributed by atoms with Crippen molar-refractivity contribution in [3.05, 3.63) is 27.1 Å². The Kier molecular flexibility index (Phi) is 4.39. The van der Waals surface area contributed by atoms with E-state index in [9.17, 15) is 14.7 Å². The summed E-state index contributed by atoms with van der Waals surface area (Å²) in [5.74, 6) is -0.0164. The number of carbonyl (C=O) groups is 2. The average molecular weight is 358 g/mol. The van der Waals surface area contributed by atoms with Crippen LogP contribution in [0.3, 0.4) is 0 Å². The summed E-state index contributed by atoms with van der Waals surface area (Å²) in [5, 5.41) is 9.46. The average Bonchev–Trinajstić information content (AvgIpc) is 2.68. The molecule has 1 aliphatic rings. The maximum Gasteiger partial charge on any atom is 0.293 e. The minimum atomic E-state index is -0.300. The molecule has 1 aromatic rings. The molecule has 0 bridgehead atoms. The van der Waals surface area contributed by atoms with E-state index in [0.29, 0.717) is 27.2 Å². The van der Waals surface area contributed by atoms with Gasteiger partial charge < -0.3 is 9.84 Å². The molecule has 2 rings (SSSR count). The fourth-order valence-electron chi connectivity index (χ4n) is 1.76. The number of amides is 2. The largest absolute Gasteiger partial charge is 0.503 e. The van der Waals surface area contributed by atoms with E-state index < -0.39 is 0 Å². The summed E-state index contributed by atoms with van der Waals surface area (Å²) >= 11 is 4.12. The van der Waals surface area contributed by atoms with Crippen LogP contribution in [0.1, 0.15) is 12.5 Å². The van der Waals surface area contributed by atoms with E-state index in [4.69, 9.17) is 4.74 Å². The predicted molar refractivity (Wildman–Crippen MR) is 80.7 cm³/mol. The third-order valence-electron chi connectivity index (χ3n) is 2.76. The van der Waals surface area contributed by atoms with Crippen LogP contribution in [0.4, 0.5) is 4.79 Å². The van der Waals surface area contributed by atoms with E-state index in [1.54, 1.807) is 25.1 Å². The lowest BCUT2D eigenvalue weighted by Crippen LogP contribution is -2.27. The van der Waals surface area contributed by atoms with Crippen molar-refractivity contribution in [2.45, 2.75) is 6.92 Å². The highest BCUT2D eigenvalue weighted by Gasteiger charge is 2.33. The van der Waals surface area contributed by atoms with Crippen LogP contribution in [-0.4, -0.2) is 34.8 Å². The van der Waals surface area contributed by atoms with E-state index in [1.807, 2.05) is 0 Å². The lowest BCUT2D eigenvalue weighted by Gasteiger charge is -2.08. The van der Waals surface area contributed by atoms with Crippen LogP contribution in [-0.2, 0) is 4.79 Å². The minimum absolute atomic E-state index is 0.00804. The highest BCUT2D eigenvalue weighted by atomic mass is 79.9. The molecular weight excluding hydrogens is 346 g/mol. The Hall–Kier alpha value is -1.47. The molecule has 7 heteroatoms. The monoisotopic (exact) mass is 357 g/mol. The fourth-order valence-corrected chi connectivity index (χ4v) is 3.12. The van der Waals surface area contributed by atoms with E-state index in [1.165, 1.54) is 12.0 Å². The molecule has 1 saturated heterocycles. The molecule has 0 atom stereocenters. The van der Waals surface area contributed by atoms with Gasteiger partial charge in [0.2, 0.25) is 0 Å². The fraction of sp³-hybridized carbons (Fsp3) is 0.231. The van der Waals surface area contributed by atoms with Gasteiger partial charge in [-0.15, -0.1) is 0 Å². The molecule has 1 N–H and O–H groups in total. The molecule has 1 aromatic carbocycles. The van der Waals surface area contributed by atoms with Crippen molar-refractivity contribution in [1.29, 1.82) is 0 Å². The Morgan fingerprint density at radius 1 is 1.45 bits per heavy atom. The number of hydrogen-bond acceptors (Lipinski definition) is 5. The van der Waals surface area contributed by atoms with E-state index in [-0.39, 0.29) is 16.9 Å². The predicted octanol–water partition coefficient (Wildman–Crippen LogP) is 3.22. The van der Waals surface area contributed by atoms with Gasteiger partial charge in [-0.25, -0.2) is 0 Å². The number of ether oxygens (including phenoxy) is 1. The van der Waals surface area contributed by atoms with E-state index in [2.05, 4.69) is 15.9 Å². The molecule has 1 aliphatic heterocycles. The Labute approximate surface area is 128 Å². The van der Waals surface area contributed by atoms with Gasteiger partial charge in [0, 0.05) is 6.54 Å². The molecule has 0 aliphatic carbocycles. The van der Waals surface area contributed by atoms with Crippen molar-refractivity contribution in [2.24, 2.45) is 0 Å². The standard InChI is InChI=1S/C13H12BrNO4S/c1-3-15-12(17)10(20-13(15)18)6-7-4-8(14)11(16)9(5-7)19-2/h4-6,16H,3H2,1-2H3/b10-6+. The van der Waals surface area contributed by atoms with Crippen molar-refractivity contribution < 1.29 is 19.4 Å². The first-order valence-electron chi connectivity index (χ1n) is 5.79. The molecule has 5 nitrogen and oxygen atoms in total. The Balaban J connectivity index is 2.39. The lowest BCUT2D eigenvalue weighted by molar-refractivity contribution is -0.122. The zero-order valence-electron chi connectivity index (χ0n) is 10.8. The maximum atomic E-state index is 12.0. The number of rotatable bonds is 3. The first kappa shape index (κ1) is 14.9. The number of methoxy groups -OCH3 is 1. The van der Waals surface area contributed by atoms with Gasteiger partial charge in [0.05, 0.1) is 16.5 Å². The molecule has 2 amide bonds. The summed E-state index contributed by atoms with van der Waals surface area (Å²) in [5.41, 5.74) is 0.660. The van der Waals surface area contributed by atoms with E-state index >= 15 is 0 Å². The summed E-state index contributed by atoms with van der Waals surface area (Å²) in [6.07, 6.45) is 1.60. The number of phenols is 1. The summed E-state index contributed by atoms with van der Waals surface area (Å²) in [6, 6.07) is 3.25. The van der Waals surface area contributed by atoms with Crippen molar-refractivity contribution in [2.75, 3.05) is 13.7 Å². The SMILES string of the molecule is CCN1C(=O)S/C(=C/c2cc(Br)c(O)c(OC)c2)C1=O. The molecule has 0 aromatic heterocycles. The van der Waals surface area contributed by atoms with Gasteiger partial charge in [-0.1, -0.05) is 0 Å².